The van der Waals surface area contributed by atoms with Gasteiger partial charge in [0.2, 0.25) is 0 Å². The number of ether oxygens (including phenoxy) is 1. The molecule has 128 valence electrons. The Morgan fingerprint density at radius 3 is 2.26 bits per heavy atom. The quantitative estimate of drug-likeness (QED) is 0.849. The number of nitrogen functional groups attached to an aromatic ring is 1. The van der Waals surface area contributed by atoms with Gasteiger partial charge in [0.15, 0.2) is 0 Å². The van der Waals surface area contributed by atoms with Crippen LogP contribution in [0, 0.1) is 18.8 Å². The summed E-state index contributed by atoms with van der Waals surface area (Å²) >= 11 is 0. The number of nitrogens with zero attached hydrogens (tertiary/aromatic N) is 1. The van der Waals surface area contributed by atoms with E-state index < -0.39 is 0 Å². The zero-order valence-corrected chi connectivity index (χ0v) is 15.1. The number of rotatable bonds is 3. The molecule has 1 saturated heterocycles. The van der Waals surface area contributed by atoms with Gasteiger partial charge in [0.05, 0.1) is 11.8 Å². The van der Waals surface area contributed by atoms with Crippen LogP contribution < -0.4 is 10.5 Å². The Morgan fingerprint density at radius 2 is 1.70 bits per heavy atom. The largest absolute Gasteiger partial charge is 0.488 e. The number of nitrogens with two attached hydrogens (primary N) is 1. The molecule has 0 amide bonds. The number of benzene rings is 1. The molecule has 0 aromatic heterocycles. The highest BCUT2D eigenvalue weighted by Crippen LogP contribution is 2.39. The second-order valence-corrected chi connectivity index (χ2v) is 8.16. The summed E-state index contributed by atoms with van der Waals surface area (Å²) in [5.74, 6) is 2.98. The zero-order chi connectivity index (χ0) is 16.6. The van der Waals surface area contributed by atoms with Crippen molar-refractivity contribution in [1.82, 2.24) is 4.90 Å². The van der Waals surface area contributed by atoms with Crippen LogP contribution in [0.15, 0.2) is 12.1 Å². The van der Waals surface area contributed by atoms with E-state index in [2.05, 4.69) is 44.9 Å². The number of likely N-dealkylation sites (tertiary alicyclic amines) is 1. The fourth-order valence-electron chi connectivity index (χ4n) is 4.24. The summed E-state index contributed by atoms with van der Waals surface area (Å²) in [6.07, 6.45) is 5.25. The lowest BCUT2D eigenvalue weighted by atomic mass is 9.80. The van der Waals surface area contributed by atoms with Gasteiger partial charge in [-0.25, -0.2) is 0 Å². The predicted molar refractivity (Wildman–Crippen MR) is 97.0 cm³/mol. The normalized spacial score (nSPS) is 29.8. The Hall–Kier alpha value is -1.22. The molecular weight excluding hydrogens is 284 g/mol. The molecule has 3 rings (SSSR count). The Morgan fingerprint density at radius 1 is 1.09 bits per heavy atom. The van der Waals surface area contributed by atoms with Gasteiger partial charge in [0.1, 0.15) is 5.75 Å². The summed E-state index contributed by atoms with van der Waals surface area (Å²) in [5.41, 5.74) is 9.77. The third-order valence-electron chi connectivity index (χ3n) is 5.28. The fraction of sp³-hybridized carbons (Fsp3) is 0.700. The second-order valence-electron chi connectivity index (χ2n) is 8.16. The van der Waals surface area contributed by atoms with Crippen molar-refractivity contribution in [3.05, 3.63) is 23.3 Å². The van der Waals surface area contributed by atoms with Crippen LogP contribution >= 0.6 is 0 Å². The molecule has 0 bridgehead atoms. The van der Waals surface area contributed by atoms with Crippen molar-refractivity contribution in [2.45, 2.75) is 58.5 Å². The van der Waals surface area contributed by atoms with E-state index in [0.717, 1.165) is 23.3 Å². The number of aryl methyl sites for hydroxylation is 1. The summed E-state index contributed by atoms with van der Waals surface area (Å²) in [5, 5.41) is 0. The van der Waals surface area contributed by atoms with Gasteiger partial charge in [-0.05, 0) is 80.7 Å². The van der Waals surface area contributed by atoms with Crippen LogP contribution in [-0.2, 0) is 0 Å². The molecule has 2 N–H and O–H groups in total. The third kappa shape index (κ3) is 4.20. The lowest BCUT2D eigenvalue weighted by Gasteiger charge is -2.33. The molecule has 2 atom stereocenters. The van der Waals surface area contributed by atoms with E-state index in [1.807, 2.05) is 0 Å². The molecule has 1 aromatic carbocycles. The van der Waals surface area contributed by atoms with Gasteiger partial charge < -0.3 is 15.4 Å². The van der Waals surface area contributed by atoms with E-state index in [9.17, 15) is 0 Å². The molecule has 3 heteroatoms. The van der Waals surface area contributed by atoms with Crippen molar-refractivity contribution in [3.8, 4) is 5.75 Å². The van der Waals surface area contributed by atoms with E-state index in [1.165, 1.54) is 49.9 Å². The molecule has 1 aromatic rings. The zero-order valence-electron chi connectivity index (χ0n) is 15.1. The lowest BCUT2D eigenvalue weighted by molar-refractivity contribution is 0.198. The van der Waals surface area contributed by atoms with Gasteiger partial charge in [-0.3, -0.25) is 0 Å². The summed E-state index contributed by atoms with van der Waals surface area (Å²) in [4.78, 5) is 2.49. The van der Waals surface area contributed by atoms with Gasteiger partial charge in [-0.15, -0.1) is 0 Å². The third-order valence-corrected chi connectivity index (χ3v) is 5.28. The van der Waals surface area contributed by atoms with Crippen LogP contribution in [0.3, 0.4) is 0 Å². The summed E-state index contributed by atoms with van der Waals surface area (Å²) in [6, 6.07) is 4.37. The van der Waals surface area contributed by atoms with E-state index in [4.69, 9.17) is 10.5 Å². The highest BCUT2D eigenvalue weighted by atomic mass is 16.5. The molecule has 1 heterocycles. The molecule has 1 saturated carbocycles. The topological polar surface area (TPSA) is 38.5 Å². The minimum atomic E-state index is 0.400. The maximum absolute atomic E-state index is 6.19. The maximum atomic E-state index is 6.19. The minimum absolute atomic E-state index is 0.400. The van der Waals surface area contributed by atoms with Crippen molar-refractivity contribution in [2.75, 3.05) is 25.9 Å². The molecule has 2 unspecified atom stereocenters. The SMILES string of the molecule is Cc1cc(N)c(OC2CC2)cc1C1CC(C)CN(C)CC(C)C1. The van der Waals surface area contributed by atoms with Gasteiger partial charge in [0, 0.05) is 13.1 Å². The molecule has 0 radical (unpaired) electrons. The average molecular weight is 316 g/mol. The average Bonchev–Trinajstić information content (AvgIpc) is 3.23. The number of anilines is 1. The Labute approximate surface area is 141 Å². The first-order valence-electron chi connectivity index (χ1n) is 9.17. The van der Waals surface area contributed by atoms with Crippen LogP contribution in [0.25, 0.3) is 0 Å². The standard InChI is InChI=1S/C20H32N2O/c1-13-7-16(8-14(2)12-22(4)11-13)18-10-20(23-17-5-6-17)19(21)9-15(18)3/h9-10,13-14,16-17H,5-8,11-12,21H2,1-4H3. The molecule has 0 spiro atoms. The van der Waals surface area contributed by atoms with E-state index >= 15 is 0 Å². The van der Waals surface area contributed by atoms with Crippen molar-refractivity contribution in [2.24, 2.45) is 11.8 Å². The summed E-state index contributed by atoms with van der Waals surface area (Å²) in [7, 11) is 2.25. The molecule has 23 heavy (non-hydrogen) atoms. The van der Waals surface area contributed by atoms with Crippen molar-refractivity contribution in [3.63, 3.8) is 0 Å². The van der Waals surface area contributed by atoms with E-state index in [-0.39, 0.29) is 0 Å². The molecule has 3 nitrogen and oxygen atoms in total. The van der Waals surface area contributed by atoms with Gasteiger partial charge >= 0.3 is 0 Å². The van der Waals surface area contributed by atoms with Gasteiger partial charge in [0.25, 0.3) is 0 Å². The van der Waals surface area contributed by atoms with Crippen LogP contribution in [-0.4, -0.2) is 31.1 Å². The smallest absolute Gasteiger partial charge is 0.142 e. The van der Waals surface area contributed by atoms with Crippen LogP contribution in [0.5, 0.6) is 5.75 Å². The lowest BCUT2D eigenvalue weighted by Crippen LogP contribution is -2.33. The second kappa shape index (κ2) is 6.72. The number of hydrogen-bond acceptors (Lipinski definition) is 3. The van der Waals surface area contributed by atoms with Crippen molar-refractivity contribution >= 4 is 5.69 Å². The van der Waals surface area contributed by atoms with E-state index in [1.54, 1.807) is 0 Å². The Bertz CT molecular complexity index is 539. The first-order valence-corrected chi connectivity index (χ1v) is 9.17. The van der Waals surface area contributed by atoms with Crippen molar-refractivity contribution in [1.29, 1.82) is 0 Å². The molecule has 1 aliphatic heterocycles. The molecule has 2 aliphatic rings. The monoisotopic (exact) mass is 316 g/mol. The van der Waals surface area contributed by atoms with Gasteiger partial charge in [-0.2, -0.15) is 0 Å². The highest BCUT2D eigenvalue weighted by Gasteiger charge is 2.27. The van der Waals surface area contributed by atoms with Crippen LogP contribution in [0.4, 0.5) is 5.69 Å². The van der Waals surface area contributed by atoms with Crippen LogP contribution in [0.2, 0.25) is 0 Å². The minimum Gasteiger partial charge on any atom is -0.488 e. The Kier molecular flexibility index (Phi) is 4.86. The molecular formula is C20H32N2O. The Balaban J connectivity index is 1.85. The fourth-order valence-corrected chi connectivity index (χ4v) is 4.24. The summed E-state index contributed by atoms with van der Waals surface area (Å²) < 4.78 is 6.04. The predicted octanol–water partition coefficient (Wildman–Crippen LogP) is 4.20. The first kappa shape index (κ1) is 16.6. The van der Waals surface area contributed by atoms with Gasteiger partial charge in [-0.1, -0.05) is 13.8 Å². The molecule has 1 aliphatic carbocycles. The van der Waals surface area contributed by atoms with Crippen LogP contribution in [0.1, 0.15) is 56.6 Å². The first-order chi connectivity index (χ1) is 10.9. The number of hydrogen-bond donors (Lipinski definition) is 1. The van der Waals surface area contributed by atoms with E-state index in [0.29, 0.717) is 12.0 Å². The highest BCUT2D eigenvalue weighted by molar-refractivity contribution is 5.57. The summed E-state index contributed by atoms with van der Waals surface area (Å²) in [6.45, 7) is 9.36. The molecule has 2 fully saturated rings. The maximum Gasteiger partial charge on any atom is 0.142 e. The van der Waals surface area contributed by atoms with Crippen molar-refractivity contribution < 1.29 is 4.74 Å².